The van der Waals surface area contributed by atoms with E-state index in [2.05, 4.69) is 5.32 Å². The van der Waals surface area contributed by atoms with Gasteiger partial charge in [0.05, 0.1) is 0 Å². The summed E-state index contributed by atoms with van der Waals surface area (Å²) in [7, 11) is 1.43. The van der Waals surface area contributed by atoms with Gasteiger partial charge in [0.1, 0.15) is 0 Å². The van der Waals surface area contributed by atoms with Crippen LogP contribution in [-0.4, -0.2) is 24.1 Å². The number of rotatable bonds is 2. The molecule has 0 saturated carbocycles. The molecule has 0 radical (unpaired) electrons. The largest absolute Gasteiger partial charge is 0.357 e. The molecule has 9 heavy (non-hydrogen) atoms. The number of Topliss-reactive ketones (excluding diaryl/α,β-unsaturated/α-hetero) is 1. The Balaban J connectivity index is 3.88. The highest BCUT2D eigenvalue weighted by Crippen LogP contribution is 1.95. The summed E-state index contributed by atoms with van der Waals surface area (Å²) < 4.78 is 0. The predicted octanol–water partition coefficient (Wildman–Crippen LogP) is -0.0712. The van der Waals surface area contributed by atoms with Crippen molar-refractivity contribution in [2.24, 2.45) is 0 Å². The van der Waals surface area contributed by atoms with Crippen LogP contribution in [0.3, 0.4) is 0 Å². The van der Waals surface area contributed by atoms with Gasteiger partial charge in [-0.1, -0.05) is 0 Å². The molecule has 0 fully saturated rings. The van der Waals surface area contributed by atoms with Crippen molar-refractivity contribution in [3.05, 3.63) is 0 Å². The number of amides is 1. The quantitative estimate of drug-likeness (QED) is 0.441. The van der Waals surface area contributed by atoms with Gasteiger partial charge in [0.2, 0.25) is 5.91 Å². The van der Waals surface area contributed by atoms with Crippen molar-refractivity contribution >= 4 is 23.3 Å². The molecule has 0 bridgehead atoms. The molecule has 0 spiro atoms. The van der Waals surface area contributed by atoms with Crippen LogP contribution in [0, 0.1) is 0 Å². The summed E-state index contributed by atoms with van der Waals surface area (Å²) in [6.07, 6.45) is 0. The number of carbonyl (C=O) groups excluding carboxylic acids is 2. The van der Waals surface area contributed by atoms with E-state index in [1.807, 2.05) is 0 Å². The Labute approximate surface area is 58.4 Å². The fourth-order valence-electron chi connectivity index (χ4n) is 0.311. The highest BCUT2D eigenvalue weighted by atomic mass is 35.5. The van der Waals surface area contributed by atoms with E-state index in [0.29, 0.717) is 0 Å². The normalized spacial score (nSPS) is 12.3. The maximum absolute atomic E-state index is 10.5. The first kappa shape index (κ1) is 8.43. The van der Waals surface area contributed by atoms with Gasteiger partial charge < -0.3 is 5.32 Å². The van der Waals surface area contributed by atoms with Crippen LogP contribution in [0.1, 0.15) is 6.92 Å². The van der Waals surface area contributed by atoms with E-state index in [4.69, 9.17) is 11.6 Å². The lowest BCUT2D eigenvalue weighted by molar-refractivity contribution is -0.126. The standard InChI is InChI=1S/C5H8ClNO2/c1-3(8)4(6)5(9)7-2/h4H,1-2H3,(H,7,9)/t4-/m0/s1. The molecule has 0 aromatic rings. The Morgan fingerprint density at radius 1 is 1.56 bits per heavy atom. The van der Waals surface area contributed by atoms with Gasteiger partial charge in [-0.15, -0.1) is 11.6 Å². The van der Waals surface area contributed by atoms with Crippen molar-refractivity contribution in [3.8, 4) is 0 Å². The molecule has 0 aromatic heterocycles. The zero-order chi connectivity index (χ0) is 7.44. The highest BCUT2D eigenvalue weighted by Gasteiger charge is 2.17. The summed E-state index contributed by atoms with van der Waals surface area (Å²) >= 11 is 5.30. The first-order valence-electron chi connectivity index (χ1n) is 2.45. The van der Waals surface area contributed by atoms with E-state index < -0.39 is 11.3 Å². The zero-order valence-corrected chi connectivity index (χ0v) is 6.03. The van der Waals surface area contributed by atoms with Crippen LogP contribution >= 0.6 is 11.6 Å². The maximum Gasteiger partial charge on any atom is 0.245 e. The molecular weight excluding hydrogens is 142 g/mol. The van der Waals surface area contributed by atoms with Crippen LogP contribution < -0.4 is 5.32 Å². The molecule has 0 unspecified atom stereocenters. The summed E-state index contributed by atoms with van der Waals surface area (Å²) in [6.45, 7) is 1.27. The Morgan fingerprint density at radius 2 is 2.00 bits per heavy atom. The van der Waals surface area contributed by atoms with Gasteiger partial charge in [-0.3, -0.25) is 9.59 Å². The monoisotopic (exact) mass is 149 g/mol. The van der Waals surface area contributed by atoms with Crippen molar-refractivity contribution in [2.75, 3.05) is 7.05 Å². The third-order valence-electron chi connectivity index (χ3n) is 0.834. The molecule has 0 aromatic carbocycles. The minimum Gasteiger partial charge on any atom is -0.357 e. The van der Waals surface area contributed by atoms with E-state index in [1.165, 1.54) is 14.0 Å². The van der Waals surface area contributed by atoms with Gasteiger partial charge in [0, 0.05) is 7.05 Å². The van der Waals surface area contributed by atoms with Crippen LogP contribution in [-0.2, 0) is 9.59 Å². The fraction of sp³-hybridized carbons (Fsp3) is 0.600. The molecule has 1 N–H and O–H groups in total. The smallest absolute Gasteiger partial charge is 0.245 e. The highest BCUT2D eigenvalue weighted by molar-refractivity contribution is 6.41. The molecule has 0 aliphatic rings. The fourth-order valence-corrected chi connectivity index (χ4v) is 0.420. The third-order valence-corrected chi connectivity index (χ3v) is 1.34. The van der Waals surface area contributed by atoms with E-state index in [-0.39, 0.29) is 5.78 Å². The number of halogens is 1. The molecule has 3 nitrogen and oxygen atoms in total. The Kier molecular flexibility index (Phi) is 3.24. The number of ketones is 1. The van der Waals surface area contributed by atoms with Crippen LogP contribution in [0.5, 0.6) is 0 Å². The molecule has 0 rings (SSSR count). The second kappa shape index (κ2) is 3.45. The molecular formula is C5H8ClNO2. The number of carbonyl (C=O) groups is 2. The predicted molar refractivity (Wildman–Crippen MR) is 34.4 cm³/mol. The first-order chi connectivity index (χ1) is 4.09. The lowest BCUT2D eigenvalue weighted by Gasteiger charge is -2.00. The zero-order valence-electron chi connectivity index (χ0n) is 5.27. The van der Waals surface area contributed by atoms with Crippen molar-refractivity contribution in [1.29, 1.82) is 0 Å². The SMILES string of the molecule is CNC(=O)[C@@H](Cl)C(C)=O. The second-order valence-corrected chi connectivity index (χ2v) is 2.02. The summed E-state index contributed by atoms with van der Waals surface area (Å²) in [4.78, 5) is 20.8. The lowest BCUT2D eigenvalue weighted by atomic mass is 10.3. The minimum absolute atomic E-state index is 0.337. The minimum atomic E-state index is -1.03. The van der Waals surface area contributed by atoms with Crippen LogP contribution in [0.15, 0.2) is 0 Å². The van der Waals surface area contributed by atoms with Gasteiger partial charge >= 0.3 is 0 Å². The van der Waals surface area contributed by atoms with Crippen LogP contribution in [0.4, 0.5) is 0 Å². The topological polar surface area (TPSA) is 46.2 Å². The molecule has 0 aliphatic carbocycles. The average Bonchev–Trinajstić information content (AvgIpc) is 1.84. The summed E-state index contributed by atoms with van der Waals surface area (Å²) in [5, 5.41) is 1.22. The molecule has 0 heterocycles. The number of alkyl halides is 1. The molecule has 0 aliphatic heterocycles. The van der Waals surface area contributed by atoms with Gasteiger partial charge in [-0.25, -0.2) is 0 Å². The molecule has 1 atom stereocenters. The third kappa shape index (κ3) is 2.46. The molecule has 0 saturated heterocycles. The van der Waals surface area contributed by atoms with Crippen LogP contribution in [0.25, 0.3) is 0 Å². The summed E-state index contributed by atoms with van der Waals surface area (Å²) in [5.41, 5.74) is 0. The van der Waals surface area contributed by atoms with Crippen molar-refractivity contribution < 1.29 is 9.59 Å². The van der Waals surface area contributed by atoms with Crippen LogP contribution in [0.2, 0.25) is 0 Å². The van der Waals surface area contributed by atoms with Crippen molar-refractivity contribution in [2.45, 2.75) is 12.3 Å². The molecule has 4 heteroatoms. The van der Waals surface area contributed by atoms with Gasteiger partial charge in [0.25, 0.3) is 0 Å². The average molecular weight is 150 g/mol. The Hall–Kier alpha value is -0.570. The van der Waals surface area contributed by atoms with E-state index >= 15 is 0 Å². The van der Waals surface area contributed by atoms with Gasteiger partial charge in [-0.2, -0.15) is 0 Å². The number of nitrogens with one attached hydrogen (secondary N) is 1. The molecule has 1 amide bonds. The summed E-state index contributed by atoms with van der Waals surface area (Å²) in [6, 6.07) is 0. The Morgan fingerprint density at radius 3 is 2.11 bits per heavy atom. The van der Waals surface area contributed by atoms with Gasteiger partial charge in [0.15, 0.2) is 11.2 Å². The van der Waals surface area contributed by atoms with Gasteiger partial charge in [-0.05, 0) is 6.92 Å². The van der Waals surface area contributed by atoms with E-state index in [1.54, 1.807) is 0 Å². The first-order valence-corrected chi connectivity index (χ1v) is 2.89. The van der Waals surface area contributed by atoms with Crippen molar-refractivity contribution in [3.63, 3.8) is 0 Å². The maximum atomic E-state index is 10.5. The van der Waals surface area contributed by atoms with Crippen molar-refractivity contribution in [1.82, 2.24) is 5.32 Å². The Bertz CT molecular complexity index is 135. The number of hydrogen-bond acceptors (Lipinski definition) is 2. The second-order valence-electron chi connectivity index (χ2n) is 1.59. The van der Waals surface area contributed by atoms with E-state index in [9.17, 15) is 9.59 Å². The molecule has 52 valence electrons. The van der Waals surface area contributed by atoms with E-state index in [0.717, 1.165) is 0 Å². The lowest BCUT2D eigenvalue weighted by Crippen LogP contribution is -2.32. The summed E-state index contributed by atoms with van der Waals surface area (Å²) in [5.74, 6) is -0.791. The number of hydrogen-bond donors (Lipinski definition) is 1.